The number of piperidine rings is 1. The number of hydrogen-bond acceptors (Lipinski definition) is 6. The number of nitrogens with one attached hydrogen (secondary N) is 3. The first-order valence-electron chi connectivity index (χ1n) is 14.1. The monoisotopic (exact) mass is 548 g/mol. The van der Waals surface area contributed by atoms with Gasteiger partial charge < -0.3 is 30.7 Å². The van der Waals surface area contributed by atoms with E-state index in [1.165, 1.54) is 6.08 Å². The van der Waals surface area contributed by atoms with E-state index in [1.54, 1.807) is 25.7 Å². The summed E-state index contributed by atoms with van der Waals surface area (Å²) in [6.45, 7) is 19.2. The average molecular weight is 549 g/mol. The largest absolute Gasteiger partial charge is 0.444 e. The third-order valence-corrected chi connectivity index (χ3v) is 8.22. The van der Waals surface area contributed by atoms with E-state index < -0.39 is 47.2 Å². The van der Waals surface area contributed by atoms with E-state index in [0.29, 0.717) is 18.9 Å². The second-order valence-electron chi connectivity index (χ2n) is 14.1. The predicted molar refractivity (Wildman–Crippen MR) is 147 cm³/mol. The van der Waals surface area contributed by atoms with Crippen LogP contribution in [0.2, 0.25) is 0 Å². The fourth-order valence-corrected chi connectivity index (χ4v) is 5.76. The Morgan fingerprint density at radius 1 is 1.10 bits per heavy atom. The molecule has 0 aromatic carbocycles. The molecule has 10 nitrogen and oxygen atoms in total. The number of hydrogen-bond donors (Lipinski definition) is 4. The summed E-state index contributed by atoms with van der Waals surface area (Å²) in [5.74, 6) is -0.878. The van der Waals surface area contributed by atoms with Gasteiger partial charge in [-0.1, -0.05) is 53.5 Å². The topological polar surface area (TPSA) is 137 Å². The van der Waals surface area contributed by atoms with Gasteiger partial charge in [0.15, 0.2) is 6.10 Å². The van der Waals surface area contributed by atoms with Gasteiger partial charge in [-0.05, 0) is 55.8 Å². The van der Waals surface area contributed by atoms with E-state index in [-0.39, 0.29) is 35.6 Å². The van der Waals surface area contributed by atoms with E-state index >= 15 is 0 Å². The molecule has 0 aromatic rings. The maximum atomic E-state index is 14.0. The number of fused-ring (bicyclic) bond motifs is 1. The number of likely N-dealkylation sites (tertiary alicyclic amines) is 1. The van der Waals surface area contributed by atoms with Gasteiger partial charge in [-0.25, -0.2) is 4.79 Å². The molecule has 6 atom stereocenters. The van der Waals surface area contributed by atoms with Crippen molar-refractivity contribution in [1.29, 1.82) is 0 Å². The number of ether oxygens (including phenoxy) is 1. The Bertz CT molecular complexity index is 977. The summed E-state index contributed by atoms with van der Waals surface area (Å²) >= 11 is 0. The van der Waals surface area contributed by atoms with Crippen molar-refractivity contribution in [3.63, 3.8) is 0 Å². The van der Waals surface area contributed by atoms with Crippen molar-refractivity contribution in [2.45, 2.75) is 104 Å². The molecule has 4 amide bonds. The number of rotatable bonds is 10. The SMILES string of the molecule is C=CCNC(=O)C(O)C(CC1CC1)NC(=O)[C@@H]1[C@@H]2C(CN1C(=O)[C@@H](NC(=O)OC(C)(C)C)C(C)(C)C)C2(C)C. The van der Waals surface area contributed by atoms with E-state index in [2.05, 4.69) is 36.4 Å². The zero-order chi connectivity index (χ0) is 29.5. The molecule has 0 radical (unpaired) electrons. The summed E-state index contributed by atoms with van der Waals surface area (Å²) in [5, 5.41) is 19.1. The van der Waals surface area contributed by atoms with Gasteiger partial charge in [0.05, 0.1) is 6.04 Å². The smallest absolute Gasteiger partial charge is 0.408 e. The highest BCUT2D eigenvalue weighted by Gasteiger charge is 2.70. The molecule has 10 heteroatoms. The molecule has 4 N–H and O–H groups in total. The third kappa shape index (κ3) is 7.32. The summed E-state index contributed by atoms with van der Waals surface area (Å²) in [5.41, 5.74) is -1.50. The lowest BCUT2D eigenvalue weighted by Gasteiger charge is -2.38. The fraction of sp³-hybridized carbons (Fsp3) is 0.793. The first kappa shape index (κ1) is 30.9. The molecule has 39 heavy (non-hydrogen) atoms. The summed E-state index contributed by atoms with van der Waals surface area (Å²) in [4.78, 5) is 54.5. The minimum absolute atomic E-state index is 0.0584. The highest BCUT2D eigenvalue weighted by atomic mass is 16.6. The van der Waals surface area contributed by atoms with Gasteiger partial charge in [0, 0.05) is 13.1 Å². The molecule has 1 heterocycles. The summed E-state index contributed by atoms with van der Waals surface area (Å²) in [6, 6.07) is -2.46. The van der Waals surface area contributed by atoms with Gasteiger partial charge in [-0.15, -0.1) is 6.58 Å². The molecule has 0 spiro atoms. The Labute approximate surface area is 232 Å². The lowest BCUT2D eigenvalue weighted by atomic mass is 9.85. The van der Waals surface area contributed by atoms with Crippen molar-refractivity contribution >= 4 is 23.8 Å². The van der Waals surface area contributed by atoms with Crippen LogP contribution in [0.25, 0.3) is 0 Å². The first-order chi connectivity index (χ1) is 17.9. The molecule has 0 aromatic heterocycles. The molecule has 2 aliphatic carbocycles. The standard InChI is InChI=1S/C29H48N4O6/c1-10-13-30-24(36)21(34)18(14-16-11-12-16)31-23(35)20-19-17(29(19,8)9)15-33(20)25(37)22(27(2,3)4)32-26(38)39-28(5,6)7/h10,16-22,34H,1,11-15H2,2-9H3,(H,30,36)(H,31,35)(H,32,38)/t17?,18?,19-,20-,21?,22+/m0/s1. The minimum Gasteiger partial charge on any atom is -0.444 e. The van der Waals surface area contributed by atoms with Crippen LogP contribution < -0.4 is 16.0 Å². The maximum Gasteiger partial charge on any atom is 0.408 e. The van der Waals surface area contributed by atoms with Crippen LogP contribution in [-0.4, -0.2) is 76.7 Å². The molecule has 3 aliphatic rings. The zero-order valence-corrected chi connectivity index (χ0v) is 24.8. The molecule has 3 fully saturated rings. The van der Waals surface area contributed by atoms with Crippen molar-refractivity contribution in [1.82, 2.24) is 20.9 Å². The Morgan fingerprint density at radius 2 is 1.72 bits per heavy atom. The predicted octanol–water partition coefficient (Wildman–Crippen LogP) is 2.36. The quantitative estimate of drug-likeness (QED) is 0.309. The van der Waals surface area contributed by atoms with Crippen LogP contribution in [-0.2, 0) is 19.1 Å². The van der Waals surface area contributed by atoms with Gasteiger partial charge in [-0.2, -0.15) is 0 Å². The Kier molecular flexibility index (Phi) is 8.80. The van der Waals surface area contributed by atoms with Gasteiger partial charge in [0.2, 0.25) is 11.8 Å². The Hall–Kier alpha value is -2.62. The molecule has 1 saturated heterocycles. The van der Waals surface area contributed by atoms with Crippen molar-refractivity contribution in [3.05, 3.63) is 12.7 Å². The van der Waals surface area contributed by atoms with E-state index in [9.17, 15) is 24.3 Å². The highest BCUT2D eigenvalue weighted by Crippen LogP contribution is 2.65. The average Bonchev–Trinajstić information content (AvgIpc) is 3.65. The molecule has 2 saturated carbocycles. The van der Waals surface area contributed by atoms with Crippen molar-refractivity contribution in [2.75, 3.05) is 13.1 Å². The van der Waals surface area contributed by atoms with Gasteiger partial charge in [0.1, 0.15) is 17.7 Å². The molecular formula is C29H48N4O6. The minimum atomic E-state index is -1.42. The number of alkyl carbamates (subject to hydrolysis) is 1. The van der Waals surface area contributed by atoms with Crippen LogP contribution in [0.15, 0.2) is 12.7 Å². The molecule has 1 aliphatic heterocycles. The summed E-state index contributed by atoms with van der Waals surface area (Å²) in [6.07, 6.45) is 1.87. The lowest BCUT2D eigenvalue weighted by molar-refractivity contribution is -0.145. The van der Waals surface area contributed by atoms with E-state index in [4.69, 9.17) is 4.74 Å². The molecular weight excluding hydrogens is 500 g/mol. The summed E-state index contributed by atoms with van der Waals surface area (Å²) < 4.78 is 5.41. The second kappa shape index (κ2) is 11.1. The summed E-state index contributed by atoms with van der Waals surface area (Å²) in [7, 11) is 0. The normalized spacial score (nSPS) is 26.0. The molecule has 3 rings (SSSR count). The lowest BCUT2D eigenvalue weighted by Crippen LogP contribution is -2.61. The third-order valence-electron chi connectivity index (χ3n) is 8.22. The zero-order valence-electron chi connectivity index (χ0n) is 24.8. The van der Waals surface area contributed by atoms with Crippen molar-refractivity contribution in [2.24, 2.45) is 28.6 Å². The van der Waals surface area contributed by atoms with Crippen molar-refractivity contribution < 1.29 is 29.0 Å². The van der Waals surface area contributed by atoms with Crippen LogP contribution >= 0.6 is 0 Å². The van der Waals surface area contributed by atoms with Crippen molar-refractivity contribution in [3.8, 4) is 0 Å². The fourth-order valence-electron chi connectivity index (χ4n) is 5.76. The first-order valence-corrected chi connectivity index (χ1v) is 14.1. The van der Waals surface area contributed by atoms with Crippen LogP contribution in [0.1, 0.15) is 74.7 Å². The Morgan fingerprint density at radius 3 is 2.23 bits per heavy atom. The maximum absolute atomic E-state index is 14.0. The van der Waals surface area contributed by atoms with Crippen LogP contribution in [0, 0.1) is 28.6 Å². The van der Waals surface area contributed by atoms with Gasteiger partial charge in [0.25, 0.3) is 5.91 Å². The number of carbonyl (C=O) groups is 4. The number of aliphatic hydroxyl groups excluding tert-OH is 1. The van der Waals surface area contributed by atoms with E-state index in [1.807, 2.05) is 20.8 Å². The molecule has 3 unspecified atom stereocenters. The number of nitrogens with zero attached hydrogens (tertiary/aromatic N) is 1. The van der Waals surface area contributed by atoms with E-state index in [0.717, 1.165) is 12.8 Å². The Balaban J connectivity index is 1.82. The molecule has 220 valence electrons. The van der Waals surface area contributed by atoms with Gasteiger partial charge in [-0.3, -0.25) is 14.4 Å². The van der Waals surface area contributed by atoms with Crippen LogP contribution in [0.3, 0.4) is 0 Å². The van der Waals surface area contributed by atoms with Crippen LogP contribution in [0.4, 0.5) is 4.79 Å². The molecule has 0 bridgehead atoms. The van der Waals surface area contributed by atoms with Gasteiger partial charge >= 0.3 is 6.09 Å². The number of amides is 4. The second-order valence-corrected chi connectivity index (χ2v) is 14.1. The number of aliphatic hydroxyl groups is 1. The highest BCUT2D eigenvalue weighted by molar-refractivity contribution is 5.94. The number of carbonyl (C=O) groups excluding carboxylic acids is 4. The van der Waals surface area contributed by atoms with Crippen LogP contribution in [0.5, 0.6) is 0 Å².